The molecule has 0 atom stereocenters. The van der Waals surface area contributed by atoms with Gasteiger partial charge in [0.25, 0.3) is 5.91 Å². The van der Waals surface area contributed by atoms with Crippen LogP contribution in [0.25, 0.3) is 0 Å². The Morgan fingerprint density at radius 2 is 1.69 bits per heavy atom. The highest BCUT2D eigenvalue weighted by Crippen LogP contribution is 2.39. The zero-order valence-electron chi connectivity index (χ0n) is 35.3. The van der Waals surface area contributed by atoms with Crippen molar-refractivity contribution in [3.8, 4) is 5.75 Å². The minimum absolute atomic E-state index is 0.0104. The third kappa shape index (κ3) is 11.7. The Balaban J connectivity index is 0.969. The highest BCUT2D eigenvalue weighted by atomic mass is 35.5. The van der Waals surface area contributed by atoms with Crippen LogP contribution < -0.4 is 31.9 Å². The molecule has 0 radical (unpaired) electrons. The first-order valence-corrected chi connectivity index (χ1v) is 21.7. The smallest absolute Gasteiger partial charge is 0.286 e. The summed E-state index contributed by atoms with van der Waals surface area (Å²) in [7, 11) is 0. The van der Waals surface area contributed by atoms with Gasteiger partial charge < -0.3 is 41.9 Å². The predicted octanol–water partition coefficient (Wildman–Crippen LogP) is 5.69. The second-order valence-corrected chi connectivity index (χ2v) is 17.4. The first kappa shape index (κ1) is 45.1. The largest absolute Gasteiger partial charge is 0.508 e. The molecular weight excluding hydrogens is 814 g/mol. The summed E-state index contributed by atoms with van der Waals surface area (Å²) in [5.41, 5.74) is 17.1. The van der Waals surface area contributed by atoms with E-state index in [2.05, 4.69) is 37.3 Å². The number of benzene rings is 3. The SMILES string of the molecule is CCNC(=O)C(=N)N(Cc1cc(C)c(C)cc1O)c1ccc(CN2CCN(C(=O)CCC(=O)Nc3cccc(Sc4ncc(N5CCC(C)(N)CC5)nc4N)c3Cl)CC2)cc1. The van der Waals surface area contributed by atoms with E-state index in [1.165, 1.54) is 11.8 Å². The monoisotopic (exact) mass is 869 g/mol. The lowest BCUT2D eigenvalue weighted by atomic mass is 9.91. The van der Waals surface area contributed by atoms with Crippen LogP contribution in [0.15, 0.2) is 70.7 Å². The number of nitrogens with zero attached hydrogens (tertiary/aromatic N) is 6. The third-order valence-corrected chi connectivity index (χ3v) is 12.8. The summed E-state index contributed by atoms with van der Waals surface area (Å²) in [5, 5.41) is 25.7. The predicted molar refractivity (Wildman–Crippen MR) is 242 cm³/mol. The lowest BCUT2D eigenvalue weighted by Gasteiger charge is -2.37. The number of hydrogen-bond acceptors (Lipinski definition) is 12. The first-order valence-electron chi connectivity index (χ1n) is 20.6. The van der Waals surface area contributed by atoms with Gasteiger partial charge in [0.1, 0.15) is 16.6 Å². The highest BCUT2D eigenvalue weighted by Gasteiger charge is 2.28. The van der Waals surface area contributed by atoms with Crippen molar-refractivity contribution in [2.45, 2.75) is 81.9 Å². The van der Waals surface area contributed by atoms with Gasteiger partial charge >= 0.3 is 0 Å². The van der Waals surface area contributed by atoms with E-state index in [9.17, 15) is 19.5 Å². The van der Waals surface area contributed by atoms with E-state index in [-0.39, 0.29) is 54.1 Å². The zero-order chi connectivity index (χ0) is 43.8. The highest BCUT2D eigenvalue weighted by molar-refractivity contribution is 7.99. The van der Waals surface area contributed by atoms with Gasteiger partial charge in [0, 0.05) is 86.9 Å². The summed E-state index contributed by atoms with van der Waals surface area (Å²) in [5.74, 6) is -0.00461. The molecule has 3 aromatic carbocycles. The number of carbonyl (C=O) groups excluding carboxylic acids is 3. The number of anilines is 4. The minimum atomic E-state index is -0.499. The summed E-state index contributed by atoms with van der Waals surface area (Å²) in [6.45, 7) is 12.9. The molecule has 2 aliphatic heterocycles. The Hall–Kier alpha value is -5.42. The summed E-state index contributed by atoms with van der Waals surface area (Å²) in [6, 6.07) is 16.6. The summed E-state index contributed by atoms with van der Waals surface area (Å²) in [6.07, 6.45) is 3.49. The Morgan fingerprint density at radius 1 is 1.00 bits per heavy atom. The topological polar surface area (TPSA) is 210 Å². The van der Waals surface area contributed by atoms with Crippen molar-refractivity contribution in [2.75, 3.05) is 66.7 Å². The normalized spacial score (nSPS) is 15.3. The van der Waals surface area contributed by atoms with Crippen LogP contribution in [0.3, 0.4) is 0 Å². The molecule has 0 aliphatic carbocycles. The number of aromatic nitrogens is 2. The molecular formula is C44H56ClN11O4S. The van der Waals surface area contributed by atoms with Crippen molar-refractivity contribution in [3.63, 3.8) is 0 Å². The van der Waals surface area contributed by atoms with Crippen LogP contribution in [0.4, 0.5) is 23.0 Å². The number of nitrogens with two attached hydrogens (primary N) is 2. The Kier molecular flexibility index (Phi) is 14.8. The number of carbonyl (C=O) groups is 3. The maximum atomic E-state index is 13.2. The number of nitrogens with one attached hydrogen (secondary N) is 3. The van der Waals surface area contributed by atoms with E-state index in [0.29, 0.717) is 77.0 Å². The van der Waals surface area contributed by atoms with Crippen molar-refractivity contribution in [1.82, 2.24) is 25.1 Å². The standard InChI is InChI=1S/C44H56ClN11O4S/c1-5-49-42(60)41(47)56(27-31-23-28(2)29(3)24-34(31)57)32-11-9-30(10-12-32)26-53-19-21-55(22-20-53)38(59)14-13-37(58)51-33-7-6-8-35(39(33)45)61-43-40(46)52-36(25-50-43)54-17-15-44(4,48)16-18-54/h6-12,23-25,47,57H,5,13-22,26-27,48H2,1-4H3,(H2,46,52)(H,49,60)(H,51,58). The van der Waals surface area contributed by atoms with E-state index >= 15 is 0 Å². The van der Waals surface area contributed by atoms with Gasteiger partial charge in [0.15, 0.2) is 11.7 Å². The molecule has 3 amide bonds. The molecule has 6 rings (SSSR count). The Morgan fingerprint density at radius 3 is 2.36 bits per heavy atom. The Labute approximate surface area is 366 Å². The second kappa shape index (κ2) is 20.0. The number of piperidine rings is 1. The summed E-state index contributed by atoms with van der Waals surface area (Å²) in [4.78, 5) is 56.5. The molecule has 8 N–H and O–H groups in total. The van der Waals surface area contributed by atoms with Crippen LogP contribution in [-0.2, 0) is 27.5 Å². The molecule has 0 saturated carbocycles. The fourth-order valence-electron chi connectivity index (χ4n) is 7.26. The molecule has 2 saturated heterocycles. The average Bonchev–Trinajstić information content (AvgIpc) is 3.23. The maximum Gasteiger partial charge on any atom is 0.286 e. The molecule has 3 heterocycles. The van der Waals surface area contributed by atoms with Crippen LogP contribution in [-0.4, -0.2) is 99.8 Å². The zero-order valence-corrected chi connectivity index (χ0v) is 36.8. The number of hydrogen-bond donors (Lipinski definition) is 6. The number of likely N-dealkylation sites (N-methyl/N-ethyl adjacent to an activating group) is 1. The van der Waals surface area contributed by atoms with Crippen molar-refractivity contribution in [1.29, 1.82) is 5.41 Å². The number of nitrogen functional groups attached to an aromatic ring is 1. The fourth-order valence-corrected chi connectivity index (χ4v) is 8.36. The molecule has 17 heteroatoms. The van der Waals surface area contributed by atoms with Crippen LogP contribution in [0, 0.1) is 19.3 Å². The molecule has 2 aliphatic rings. The van der Waals surface area contributed by atoms with Gasteiger partial charge in [0.05, 0.1) is 23.5 Å². The van der Waals surface area contributed by atoms with E-state index in [0.717, 1.165) is 42.6 Å². The Bertz CT molecular complexity index is 2240. The van der Waals surface area contributed by atoms with Crippen molar-refractivity contribution < 1.29 is 19.5 Å². The third-order valence-electron chi connectivity index (χ3n) is 11.2. The van der Waals surface area contributed by atoms with Crippen molar-refractivity contribution in [2.24, 2.45) is 5.73 Å². The van der Waals surface area contributed by atoms with E-state index in [1.807, 2.05) is 50.2 Å². The number of phenols is 1. The van der Waals surface area contributed by atoms with Crippen LogP contribution in [0.1, 0.15) is 61.8 Å². The number of aryl methyl sites for hydroxylation is 2. The van der Waals surface area contributed by atoms with Crippen LogP contribution in [0.2, 0.25) is 5.02 Å². The van der Waals surface area contributed by atoms with Crippen molar-refractivity contribution >= 4 is 69.9 Å². The number of aromatic hydroxyl groups is 1. The van der Waals surface area contributed by atoms with Crippen LogP contribution >= 0.6 is 23.4 Å². The molecule has 15 nitrogen and oxygen atoms in total. The van der Waals surface area contributed by atoms with Gasteiger partial charge in [-0.3, -0.25) is 24.7 Å². The lowest BCUT2D eigenvalue weighted by Crippen LogP contribution is -2.48. The number of phenolic OH excluding ortho intramolecular Hbond substituents is 1. The van der Waals surface area contributed by atoms with E-state index in [1.54, 1.807) is 41.1 Å². The number of piperazine rings is 1. The fraction of sp³-hybridized carbons (Fsp3) is 0.409. The van der Waals surface area contributed by atoms with Gasteiger partial charge in [-0.1, -0.05) is 47.6 Å². The molecule has 0 bridgehead atoms. The number of amides is 3. The molecule has 0 spiro atoms. The first-order chi connectivity index (χ1) is 29.1. The quantitative estimate of drug-likeness (QED) is 0.0708. The molecule has 0 unspecified atom stereocenters. The van der Waals surface area contributed by atoms with Crippen molar-refractivity contribution in [3.05, 3.63) is 88.1 Å². The van der Waals surface area contributed by atoms with Gasteiger partial charge in [-0.2, -0.15) is 0 Å². The number of halogens is 1. The number of rotatable bonds is 13. The van der Waals surface area contributed by atoms with Gasteiger partial charge in [-0.25, -0.2) is 9.97 Å². The lowest BCUT2D eigenvalue weighted by molar-refractivity contribution is -0.134. The van der Waals surface area contributed by atoms with Crippen LogP contribution in [0.5, 0.6) is 5.75 Å². The van der Waals surface area contributed by atoms with Gasteiger partial charge in [-0.15, -0.1) is 0 Å². The molecule has 4 aromatic rings. The van der Waals surface area contributed by atoms with E-state index in [4.69, 9.17) is 28.5 Å². The number of amidine groups is 1. The maximum absolute atomic E-state index is 13.2. The molecule has 61 heavy (non-hydrogen) atoms. The summed E-state index contributed by atoms with van der Waals surface area (Å²) >= 11 is 8.00. The second-order valence-electron chi connectivity index (χ2n) is 16.0. The van der Waals surface area contributed by atoms with E-state index < -0.39 is 5.91 Å². The minimum Gasteiger partial charge on any atom is -0.508 e. The average molecular weight is 871 g/mol. The van der Waals surface area contributed by atoms with Gasteiger partial charge in [-0.05, 0) is 87.6 Å². The molecule has 324 valence electrons. The molecule has 1 aromatic heterocycles. The summed E-state index contributed by atoms with van der Waals surface area (Å²) < 4.78 is 0. The van der Waals surface area contributed by atoms with Gasteiger partial charge in [0.2, 0.25) is 11.8 Å². The molecule has 2 fully saturated rings.